The van der Waals surface area contributed by atoms with Crippen LogP contribution in [0.5, 0.6) is 0 Å². The average molecular weight is 272 g/mol. The number of thiophene rings is 1. The van der Waals surface area contributed by atoms with Gasteiger partial charge in [-0.15, -0.1) is 11.3 Å². The second kappa shape index (κ2) is 3.61. The molecule has 1 rings (SSSR count). The Balaban J connectivity index is 3.21. The number of rotatable bonds is 1. The summed E-state index contributed by atoms with van der Waals surface area (Å²) in [5, 5.41) is 0.864. The van der Waals surface area contributed by atoms with E-state index in [0.717, 1.165) is 16.7 Å². The van der Waals surface area contributed by atoms with Gasteiger partial charge >= 0.3 is 6.18 Å². The van der Waals surface area contributed by atoms with E-state index in [9.17, 15) is 18.0 Å². The molecule has 1 aromatic heterocycles. The highest BCUT2D eigenvalue weighted by molar-refractivity contribution is 9.10. The van der Waals surface area contributed by atoms with Gasteiger partial charge in [-0.05, 0) is 15.9 Å². The first-order valence-corrected chi connectivity index (χ1v) is 4.56. The van der Waals surface area contributed by atoms with Crippen molar-refractivity contribution in [3.8, 4) is 0 Å². The van der Waals surface area contributed by atoms with E-state index in [2.05, 4.69) is 20.9 Å². The third-order valence-electron chi connectivity index (χ3n) is 1.17. The van der Waals surface area contributed by atoms with Crippen LogP contribution in [0.4, 0.5) is 18.2 Å². The van der Waals surface area contributed by atoms with Crippen LogP contribution in [0.1, 0.15) is 5.56 Å². The average Bonchev–Trinajstić information content (AvgIpc) is 2.32. The van der Waals surface area contributed by atoms with E-state index in [1.807, 2.05) is 0 Å². The molecule has 1 heterocycles. The zero-order valence-electron chi connectivity index (χ0n) is 5.85. The van der Waals surface area contributed by atoms with E-state index in [-0.39, 0.29) is 9.47 Å². The van der Waals surface area contributed by atoms with E-state index in [4.69, 9.17) is 0 Å². The number of isocyanates is 1. The molecule has 0 bridgehead atoms. The van der Waals surface area contributed by atoms with Crippen LogP contribution in [0.2, 0.25) is 0 Å². The zero-order valence-corrected chi connectivity index (χ0v) is 8.26. The minimum absolute atomic E-state index is 0.0256. The van der Waals surface area contributed by atoms with Gasteiger partial charge in [0.05, 0.1) is 10.0 Å². The van der Waals surface area contributed by atoms with Gasteiger partial charge in [-0.25, -0.2) is 4.79 Å². The van der Waals surface area contributed by atoms with Crippen molar-refractivity contribution < 1.29 is 18.0 Å². The summed E-state index contributed by atoms with van der Waals surface area (Å²) in [5.74, 6) is 0. The smallest absolute Gasteiger partial charge is 0.211 e. The van der Waals surface area contributed by atoms with Crippen LogP contribution < -0.4 is 0 Å². The van der Waals surface area contributed by atoms with Crippen molar-refractivity contribution in [2.24, 2.45) is 4.99 Å². The molecule has 7 heteroatoms. The molecule has 0 atom stereocenters. The Bertz CT molecular complexity index is 366. The Morgan fingerprint density at radius 3 is 2.54 bits per heavy atom. The highest BCUT2D eigenvalue weighted by Gasteiger charge is 2.35. The molecule has 0 radical (unpaired) electrons. The van der Waals surface area contributed by atoms with Crippen LogP contribution in [0, 0.1) is 0 Å². The summed E-state index contributed by atoms with van der Waals surface area (Å²) in [6, 6.07) is 0. The summed E-state index contributed by atoms with van der Waals surface area (Å²) < 4.78 is 36.2. The number of halogens is 4. The lowest BCUT2D eigenvalue weighted by Gasteiger charge is -2.02. The fraction of sp³-hybridized carbons (Fsp3) is 0.167. The molecule has 0 fully saturated rings. The summed E-state index contributed by atoms with van der Waals surface area (Å²) in [6.45, 7) is 0. The van der Waals surface area contributed by atoms with Crippen LogP contribution in [0.15, 0.2) is 14.8 Å². The fourth-order valence-electron chi connectivity index (χ4n) is 0.642. The molecule has 0 aromatic carbocycles. The van der Waals surface area contributed by atoms with Crippen LogP contribution in [0.25, 0.3) is 0 Å². The minimum Gasteiger partial charge on any atom is -0.211 e. The number of nitrogens with zero attached hydrogens (tertiary/aromatic N) is 1. The van der Waals surface area contributed by atoms with Gasteiger partial charge in [-0.1, -0.05) is 0 Å². The van der Waals surface area contributed by atoms with Gasteiger partial charge in [0.2, 0.25) is 6.08 Å². The number of hydrogen-bond acceptors (Lipinski definition) is 3. The Morgan fingerprint density at radius 1 is 1.54 bits per heavy atom. The van der Waals surface area contributed by atoms with Crippen LogP contribution in [-0.2, 0) is 11.0 Å². The van der Waals surface area contributed by atoms with Gasteiger partial charge in [0.1, 0.15) is 5.00 Å². The van der Waals surface area contributed by atoms with E-state index in [1.165, 1.54) is 6.08 Å². The van der Waals surface area contributed by atoms with Crippen molar-refractivity contribution in [1.82, 2.24) is 0 Å². The molecule has 0 unspecified atom stereocenters. The van der Waals surface area contributed by atoms with E-state index in [0.29, 0.717) is 0 Å². The Kier molecular flexibility index (Phi) is 2.90. The predicted molar refractivity (Wildman–Crippen MR) is 44.8 cm³/mol. The first-order chi connectivity index (χ1) is 5.96. The van der Waals surface area contributed by atoms with Crippen molar-refractivity contribution in [2.45, 2.75) is 6.18 Å². The highest BCUT2D eigenvalue weighted by atomic mass is 79.9. The summed E-state index contributed by atoms with van der Waals surface area (Å²) in [7, 11) is 0. The molecule has 0 aliphatic carbocycles. The van der Waals surface area contributed by atoms with Crippen molar-refractivity contribution >= 4 is 38.3 Å². The maximum absolute atomic E-state index is 12.1. The standard InChI is InChI=1S/C6HBrF3NOS/c7-4-3(6(8,9)10)1-13-5(4)11-2-12/h1H. The number of carbonyl (C=O) groups excluding carboxylic acids is 1. The number of hydrogen-bond donors (Lipinski definition) is 0. The molecule has 0 saturated heterocycles. The summed E-state index contributed by atoms with van der Waals surface area (Å²) in [5.41, 5.74) is -0.827. The van der Waals surface area contributed by atoms with E-state index in [1.54, 1.807) is 0 Å². The zero-order chi connectivity index (χ0) is 10.1. The highest BCUT2D eigenvalue weighted by Crippen LogP contribution is 2.43. The summed E-state index contributed by atoms with van der Waals surface area (Å²) >= 11 is 3.44. The third kappa shape index (κ3) is 2.18. The molecule has 0 aliphatic heterocycles. The molecule has 70 valence electrons. The Morgan fingerprint density at radius 2 is 2.15 bits per heavy atom. The molecule has 0 aliphatic rings. The molecule has 13 heavy (non-hydrogen) atoms. The van der Waals surface area contributed by atoms with Gasteiger partial charge in [0, 0.05) is 5.38 Å². The number of aliphatic imine (C=N–C) groups is 1. The lowest BCUT2D eigenvalue weighted by atomic mass is 10.3. The molecule has 0 N–H and O–H groups in total. The van der Waals surface area contributed by atoms with Crippen molar-refractivity contribution in [3.63, 3.8) is 0 Å². The molecule has 0 amide bonds. The molecule has 2 nitrogen and oxygen atoms in total. The normalized spacial score (nSPS) is 11.1. The monoisotopic (exact) mass is 271 g/mol. The Hall–Kier alpha value is -0.650. The van der Waals surface area contributed by atoms with Crippen LogP contribution >= 0.6 is 27.3 Å². The lowest BCUT2D eigenvalue weighted by Crippen LogP contribution is -2.03. The van der Waals surface area contributed by atoms with E-state index < -0.39 is 11.7 Å². The van der Waals surface area contributed by atoms with Crippen molar-refractivity contribution in [2.75, 3.05) is 0 Å². The molecular formula is C6HBrF3NOS. The molecule has 1 aromatic rings. The van der Waals surface area contributed by atoms with E-state index >= 15 is 0 Å². The largest absolute Gasteiger partial charge is 0.418 e. The topological polar surface area (TPSA) is 29.4 Å². The first-order valence-electron chi connectivity index (χ1n) is 2.89. The first kappa shape index (κ1) is 10.4. The summed E-state index contributed by atoms with van der Waals surface area (Å²) in [4.78, 5) is 12.9. The molecule has 0 saturated carbocycles. The second-order valence-corrected chi connectivity index (χ2v) is 3.62. The minimum atomic E-state index is -4.42. The van der Waals surface area contributed by atoms with Crippen molar-refractivity contribution in [1.29, 1.82) is 0 Å². The maximum Gasteiger partial charge on any atom is 0.418 e. The number of alkyl halides is 3. The quantitative estimate of drug-likeness (QED) is 0.568. The van der Waals surface area contributed by atoms with Gasteiger partial charge in [0.15, 0.2) is 0 Å². The predicted octanol–water partition coefficient (Wildman–Crippen LogP) is 3.50. The maximum atomic E-state index is 12.1. The van der Waals surface area contributed by atoms with Gasteiger partial charge in [0.25, 0.3) is 0 Å². The van der Waals surface area contributed by atoms with Gasteiger partial charge in [-0.3, -0.25) is 0 Å². The van der Waals surface area contributed by atoms with Gasteiger partial charge in [-0.2, -0.15) is 18.2 Å². The fourth-order valence-corrected chi connectivity index (χ4v) is 2.29. The lowest BCUT2D eigenvalue weighted by molar-refractivity contribution is -0.137. The van der Waals surface area contributed by atoms with Crippen molar-refractivity contribution in [3.05, 3.63) is 15.4 Å². The van der Waals surface area contributed by atoms with Crippen LogP contribution in [-0.4, -0.2) is 6.08 Å². The second-order valence-electron chi connectivity index (χ2n) is 1.97. The SMILES string of the molecule is O=C=Nc1scc(C(F)(F)F)c1Br. The molecule has 0 spiro atoms. The third-order valence-corrected chi connectivity index (χ3v) is 3.10. The Labute approximate surface area is 83.2 Å². The molecular weight excluding hydrogens is 271 g/mol. The van der Waals surface area contributed by atoms with Gasteiger partial charge < -0.3 is 0 Å². The van der Waals surface area contributed by atoms with Crippen LogP contribution in [0.3, 0.4) is 0 Å². The summed E-state index contributed by atoms with van der Waals surface area (Å²) in [6.07, 6.45) is -3.25.